The highest BCUT2D eigenvalue weighted by molar-refractivity contribution is 5.21. The van der Waals surface area contributed by atoms with E-state index < -0.39 is 0 Å². The lowest BCUT2D eigenvalue weighted by atomic mass is 9.69. The van der Waals surface area contributed by atoms with E-state index >= 15 is 0 Å². The molecule has 2 saturated heterocycles. The van der Waals surface area contributed by atoms with Gasteiger partial charge in [-0.3, -0.25) is 0 Å². The quantitative estimate of drug-likeness (QED) is 0.579. The van der Waals surface area contributed by atoms with Crippen LogP contribution in [-0.2, 0) is 14.2 Å². The van der Waals surface area contributed by atoms with Crippen molar-refractivity contribution in [2.45, 2.75) is 63.4 Å². The van der Waals surface area contributed by atoms with Crippen LogP contribution in [0.2, 0.25) is 0 Å². The maximum absolute atomic E-state index is 6.08. The maximum atomic E-state index is 6.08. The lowest BCUT2D eigenvalue weighted by molar-refractivity contribution is -0.0229. The zero-order valence-corrected chi connectivity index (χ0v) is 12.4. The van der Waals surface area contributed by atoms with Crippen LogP contribution < -0.4 is 0 Å². The summed E-state index contributed by atoms with van der Waals surface area (Å²) in [4.78, 5) is 0. The summed E-state index contributed by atoms with van der Waals surface area (Å²) in [6.45, 7) is 7.38. The van der Waals surface area contributed by atoms with Gasteiger partial charge in [0.05, 0.1) is 24.4 Å². The van der Waals surface area contributed by atoms with E-state index in [2.05, 4.69) is 33.3 Å². The first kappa shape index (κ1) is 13.6. The molecule has 0 aromatic heterocycles. The molecule has 3 fully saturated rings. The van der Waals surface area contributed by atoms with Gasteiger partial charge in [-0.25, -0.2) is 0 Å². The maximum Gasteiger partial charge on any atom is 0.100 e. The lowest BCUT2D eigenvalue weighted by Gasteiger charge is -2.38. The number of rotatable bonds is 4. The van der Waals surface area contributed by atoms with E-state index in [1.165, 1.54) is 5.57 Å². The number of ether oxygens (including phenoxy) is 3. The molecular formula is C16H25O3. The Labute approximate surface area is 116 Å². The van der Waals surface area contributed by atoms with E-state index in [-0.39, 0.29) is 17.3 Å². The number of hydrogen-bond donors (Lipinski definition) is 0. The summed E-state index contributed by atoms with van der Waals surface area (Å²) in [5.74, 6) is 0.342. The summed E-state index contributed by atoms with van der Waals surface area (Å²) in [6.07, 6.45) is 8.25. The van der Waals surface area contributed by atoms with Gasteiger partial charge >= 0.3 is 0 Å². The van der Waals surface area contributed by atoms with E-state index in [1.54, 1.807) is 7.11 Å². The van der Waals surface area contributed by atoms with Gasteiger partial charge in [0.25, 0.3) is 0 Å². The molecule has 3 heteroatoms. The van der Waals surface area contributed by atoms with Crippen LogP contribution in [0.15, 0.2) is 11.6 Å². The fourth-order valence-electron chi connectivity index (χ4n) is 3.75. The Morgan fingerprint density at radius 1 is 1.47 bits per heavy atom. The van der Waals surface area contributed by atoms with Crippen LogP contribution in [0.25, 0.3) is 0 Å². The Balaban J connectivity index is 1.74. The van der Waals surface area contributed by atoms with Crippen LogP contribution in [0.3, 0.4) is 0 Å². The van der Waals surface area contributed by atoms with Gasteiger partial charge < -0.3 is 14.2 Å². The Bertz CT molecular complexity index is 381. The third kappa shape index (κ3) is 2.26. The van der Waals surface area contributed by atoms with Crippen LogP contribution in [-0.4, -0.2) is 37.1 Å². The molecule has 0 bridgehead atoms. The van der Waals surface area contributed by atoms with Crippen LogP contribution in [0.5, 0.6) is 0 Å². The Morgan fingerprint density at radius 2 is 2.21 bits per heavy atom. The van der Waals surface area contributed by atoms with E-state index in [1.807, 2.05) is 0 Å². The predicted molar refractivity (Wildman–Crippen MR) is 73.8 cm³/mol. The number of epoxide rings is 2. The number of methoxy groups -OCH3 is 1. The first-order valence-corrected chi connectivity index (χ1v) is 7.33. The van der Waals surface area contributed by atoms with Gasteiger partial charge in [0.15, 0.2) is 0 Å². The molecule has 2 aliphatic heterocycles. The lowest BCUT2D eigenvalue weighted by Crippen LogP contribution is -2.49. The van der Waals surface area contributed by atoms with Crippen molar-refractivity contribution >= 4 is 0 Å². The molecule has 1 saturated carbocycles. The Hall–Kier alpha value is -0.380. The van der Waals surface area contributed by atoms with Crippen molar-refractivity contribution in [3.8, 4) is 0 Å². The van der Waals surface area contributed by atoms with Gasteiger partial charge in [-0.05, 0) is 46.5 Å². The highest BCUT2D eigenvalue weighted by atomic mass is 16.6. The summed E-state index contributed by atoms with van der Waals surface area (Å²) in [6, 6.07) is 0. The fraction of sp³-hybridized carbons (Fsp3) is 0.812. The predicted octanol–water partition coefficient (Wildman–Crippen LogP) is 2.90. The Morgan fingerprint density at radius 3 is 2.79 bits per heavy atom. The minimum atomic E-state index is -0.0833. The highest BCUT2D eigenvalue weighted by Crippen LogP contribution is 2.59. The summed E-state index contributed by atoms with van der Waals surface area (Å²) in [5.41, 5.74) is 1.30. The van der Waals surface area contributed by atoms with Crippen molar-refractivity contribution in [1.82, 2.24) is 0 Å². The molecule has 1 spiro atoms. The van der Waals surface area contributed by atoms with Crippen LogP contribution in [0.4, 0.5) is 0 Å². The molecule has 0 amide bonds. The molecule has 0 aromatic carbocycles. The minimum absolute atomic E-state index is 0.0316. The van der Waals surface area contributed by atoms with E-state index in [4.69, 9.17) is 14.2 Å². The standard InChI is InChI=1S/C16H25O3/c1-11(2)7-8-13-15(3,19-13)14-12(17-4)6-5-9-16(14)10-18-16/h6-7,12-14H,5,8-10H2,1-4H3/t12-,13+,14+,15-,16-/m0/s1. The molecule has 3 rings (SSSR count). The first-order valence-electron chi connectivity index (χ1n) is 7.33. The molecule has 1 radical (unpaired) electrons. The average molecular weight is 265 g/mol. The molecule has 0 N–H and O–H groups in total. The molecule has 19 heavy (non-hydrogen) atoms. The molecule has 1 aliphatic carbocycles. The molecular weight excluding hydrogens is 240 g/mol. The summed E-state index contributed by atoms with van der Waals surface area (Å²) in [5, 5.41) is 0. The molecule has 0 aromatic rings. The SMILES string of the molecule is CO[C@H]1[CH]CC[C@]2(CO2)[C@H]1[C@@]1(C)O[C@@H]1CC=C(C)C. The topological polar surface area (TPSA) is 34.3 Å². The van der Waals surface area contributed by atoms with Crippen molar-refractivity contribution in [2.75, 3.05) is 13.7 Å². The highest BCUT2D eigenvalue weighted by Gasteiger charge is 2.70. The molecule has 3 aliphatic rings. The molecule has 107 valence electrons. The zero-order chi connectivity index (χ0) is 13.7. The van der Waals surface area contributed by atoms with Crippen molar-refractivity contribution in [3.05, 3.63) is 18.1 Å². The van der Waals surface area contributed by atoms with Gasteiger partial charge in [0.2, 0.25) is 0 Å². The average Bonchev–Trinajstić information content (AvgIpc) is 3.26. The first-order chi connectivity index (χ1) is 9.02. The van der Waals surface area contributed by atoms with E-state index in [9.17, 15) is 0 Å². The van der Waals surface area contributed by atoms with Crippen molar-refractivity contribution < 1.29 is 14.2 Å². The summed E-state index contributed by atoms with van der Waals surface area (Å²) in [7, 11) is 1.80. The molecule has 0 unspecified atom stereocenters. The smallest absolute Gasteiger partial charge is 0.100 e. The Kier molecular flexibility index (Phi) is 3.27. The van der Waals surface area contributed by atoms with Crippen molar-refractivity contribution in [3.63, 3.8) is 0 Å². The van der Waals surface area contributed by atoms with Crippen LogP contribution in [0, 0.1) is 12.3 Å². The van der Waals surface area contributed by atoms with Gasteiger partial charge in [-0.15, -0.1) is 0 Å². The van der Waals surface area contributed by atoms with Crippen molar-refractivity contribution in [2.24, 2.45) is 5.92 Å². The number of allylic oxidation sites excluding steroid dienone is 1. The summed E-state index contributed by atoms with van der Waals surface area (Å²) >= 11 is 0. The van der Waals surface area contributed by atoms with Gasteiger partial charge in [-0.2, -0.15) is 0 Å². The van der Waals surface area contributed by atoms with E-state index in [0.29, 0.717) is 12.0 Å². The second-order valence-electron chi connectivity index (χ2n) is 6.61. The van der Waals surface area contributed by atoms with Crippen molar-refractivity contribution in [1.29, 1.82) is 0 Å². The van der Waals surface area contributed by atoms with Gasteiger partial charge in [0, 0.05) is 13.0 Å². The van der Waals surface area contributed by atoms with Gasteiger partial charge in [0.1, 0.15) is 5.60 Å². The number of hydrogen-bond acceptors (Lipinski definition) is 3. The molecule has 5 atom stereocenters. The normalized spacial score (nSPS) is 48.1. The third-order valence-corrected chi connectivity index (χ3v) is 4.99. The van der Waals surface area contributed by atoms with Crippen LogP contribution in [0.1, 0.15) is 40.0 Å². The molecule has 2 heterocycles. The van der Waals surface area contributed by atoms with Crippen LogP contribution >= 0.6 is 0 Å². The van der Waals surface area contributed by atoms with E-state index in [0.717, 1.165) is 25.9 Å². The largest absolute Gasteiger partial charge is 0.381 e. The third-order valence-electron chi connectivity index (χ3n) is 4.99. The monoisotopic (exact) mass is 265 g/mol. The second-order valence-corrected chi connectivity index (χ2v) is 6.61. The van der Waals surface area contributed by atoms with Gasteiger partial charge in [-0.1, -0.05) is 11.6 Å². The second kappa shape index (κ2) is 4.57. The molecule has 3 nitrogen and oxygen atoms in total. The fourth-order valence-corrected chi connectivity index (χ4v) is 3.75. The zero-order valence-electron chi connectivity index (χ0n) is 12.4. The summed E-state index contributed by atoms with van der Waals surface area (Å²) < 4.78 is 17.6. The minimum Gasteiger partial charge on any atom is -0.381 e.